The van der Waals surface area contributed by atoms with Gasteiger partial charge in [0.25, 0.3) is 5.91 Å². The van der Waals surface area contributed by atoms with Gasteiger partial charge in [-0.1, -0.05) is 30.4 Å². The van der Waals surface area contributed by atoms with Crippen LogP contribution in [0.15, 0.2) is 42.6 Å². The van der Waals surface area contributed by atoms with Crippen LogP contribution in [0.25, 0.3) is 0 Å². The van der Waals surface area contributed by atoms with Gasteiger partial charge in [0.05, 0.1) is 5.56 Å². The van der Waals surface area contributed by atoms with Crippen LogP contribution in [0, 0.1) is 4.64 Å². The van der Waals surface area contributed by atoms with Crippen LogP contribution in [0.5, 0.6) is 0 Å². The molecule has 1 N–H and O–H groups in total. The van der Waals surface area contributed by atoms with Crippen LogP contribution in [0.1, 0.15) is 28.8 Å². The van der Waals surface area contributed by atoms with Gasteiger partial charge in [0, 0.05) is 38.6 Å². The third kappa shape index (κ3) is 3.45. The molecule has 1 fully saturated rings. The summed E-state index contributed by atoms with van der Waals surface area (Å²) < 4.78 is 0.483. The van der Waals surface area contributed by atoms with E-state index in [-0.39, 0.29) is 5.91 Å². The van der Waals surface area contributed by atoms with Gasteiger partial charge >= 0.3 is 0 Å². The van der Waals surface area contributed by atoms with Gasteiger partial charge in [-0.05, 0) is 36.6 Å². The number of nitrogens with zero attached hydrogens (tertiary/aromatic N) is 2. The molecule has 1 aromatic heterocycles. The van der Waals surface area contributed by atoms with Crippen molar-refractivity contribution in [1.29, 1.82) is 0 Å². The van der Waals surface area contributed by atoms with Crippen molar-refractivity contribution in [2.75, 3.05) is 25.0 Å². The van der Waals surface area contributed by atoms with E-state index < -0.39 is 0 Å². The summed E-state index contributed by atoms with van der Waals surface area (Å²) in [7, 11) is 1.82. The molecule has 1 aliphatic heterocycles. The molecule has 0 spiro atoms. The number of anilines is 1. The Balaban J connectivity index is 1.80. The van der Waals surface area contributed by atoms with Crippen LogP contribution in [0.2, 0.25) is 0 Å². The Morgan fingerprint density at radius 1 is 1.22 bits per heavy atom. The molecule has 0 bridgehead atoms. The number of nitrogens with one attached hydrogen (secondary N) is 1. The molecule has 0 unspecified atom stereocenters. The second kappa shape index (κ2) is 6.96. The number of para-hydroxylation sites is 1. The number of aromatic nitrogens is 1. The van der Waals surface area contributed by atoms with Crippen molar-refractivity contribution in [1.82, 2.24) is 9.88 Å². The molecular weight excluding hydrogens is 306 g/mol. The van der Waals surface area contributed by atoms with Gasteiger partial charge in [-0.3, -0.25) is 4.79 Å². The Hall–Kier alpha value is -2.14. The quantitative estimate of drug-likeness (QED) is 0.872. The fourth-order valence-electron chi connectivity index (χ4n) is 3.03. The van der Waals surface area contributed by atoms with Gasteiger partial charge in [-0.15, -0.1) is 0 Å². The molecule has 1 amide bonds. The maximum absolute atomic E-state index is 12.6. The lowest BCUT2D eigenvalue weighted by molar-refractivity contribution is 0.0784. The Labute approximate surface area is 141 Å². The molecule has 0 atom stereocenters. The molecule has 4 nitrogen and oxygen atoms in total. The van der Waals surface area contributed by atoms with Crippen molar-refractivity contribution in [3.8, 4) is 0 Å². The average molecular weight is 327 g/mol. The van der Waals surface area contributed by atoms with E-state index >= 15 is 0 Å². The number of rotatable bonds is 4. The van der Waals surface area contributed by atoms with Gasteiger partial charge in [0.2, 0.25) is 0 Å². The number of H-pyrrole nitrogens is 1. The van der Waals surface area contributed by atoms with E-state index in [0.29, 0.717) is 16.7 Å². The van der Waals surface area contributed by atoms with Gasteiger partial charge in [0.15, 0.2) is 0 Å². The minimum atomic E-state index is -0.0527. The average Bonchev–Trinajstić information content (AvgIpc) is 3.09. The minimum Gasteiger partial charge on any atom is -0.371 e. The number of hydrogen-bond acceptors (Lipinski definition) is 3. The van der Waals surface area contributed by atoms with Crippen LogP contribution in [-0.4, -0.2) is 35.9 Å². The maximum atomic E-state index is 12.6. The Kier molecular flexibility index (Phi) is 4.76. The highest BCUT2D eigenvalue weighted by Gasteiger charge is 2.18. The summed E-state index contributed by atoms with van der Waals surface area (Å²) in [5, 5.41) is 0. The number of amides is 1. The standard InChI is InChI=1S/C18H21N3OS/c1-20(18(22)15-8-6-10-19-17(15)23)13-14-7-2-3-9-16(14)21-11-4-5-12-21/h2-3,6-10H,4-5,11-13H2,1H3,(H,19,23). The van der Waals surface area contributed by atoms with Crippen molar-refractivity contribution >= 4 is 23.8 Å². The highest BCUT2D eigenvalue weighted by molar-refractivity contribution is 7.71. The number of aromatic amines is 1. The molecular formula is C18H21N3OS. The van der Waals surface area contributed by atoms with Crippen molar-refractivity contribution in [3.63, 3.8) is 0 Å². The number of benzene rings is 1. The zero-order valence-corrected chi connectivity index (χ0v) is 14.1. The normalized spacial score (nSPS) is 14.0. The molecule has 2 aromatic rings. The molecule has 3 rings (SSSR count). The lowest BCUT2D eigenvalue weighted by Crippen LogP contribution is -2.28. The van der Waals surface area contributed by atoms with Gasteiger partial charge in [-0.25, -0.2) is 0 Å². The molecule has 23 heavy (non-hydrogen) atoms. The van der Waals surface area contributed by atoms with Crippen LogP contribution in [0.4, 0.5) is 5.69 Å². The second-order valence-electron chi connectivity index (χ2n) is 5.90. The Morgan fingerprint density at radius 2 is 1.96 bits per heavy atom. The minimum absolute atomic E-state index is 0.0527. The predicted octanol–water partition coefficient (Wildman–Crippen LogP) is 3.62. The first-order valence-corrected chi connectivity index (χ1v) is 8.33. The lowest BCUT2D eigenvalue weighted by atomic mass is 10.1. The highest BCUT2D eigenvalue weighted by atomic mass is 32.1. The van der Waals surface area contributed by atoms with E-state index in [4.69, 9.17) is 12.2 Å². The number of carbonyl (C=O) groups excluding carboxylic acids is 1. The Morgan fingerprint density at radius 3 is 2.70 bits per heavy atom. The van der Waals surface area contributed by atoms with Gasteiger partial charge in [0.1, 0.15) is 4.64 Å². The van der Waals surface area contributed by atoms with Crippen molar-refractivity contribution in [2.24, 2.45) is 0 Å². The smallest absolute Gasteiger partial charge is 0.256 e. The molecule has 1 saturated heterocycles. The number of pyridine rings is 1. The zero-order chi connectivity index (χ0) is 16.2. The fraction of sp³-hybridized carbons (Fsp3) is 0.333. The van der Waals surface area contributed by atoms with Crippen molar-refractivity contribution in [3.05, 3.63) is 58.4 Å². The topological polar surface area (TPSA) is 39.3 Å². The first-order chi connectivity index (χ1) is 11.2. The Bertz CT molecular complexity index is 750. The molecule has 0 radical (unpaired) electrons. The van der Waals surface area contributed by atoms with Gasteiger partial charge in [-0.2, -0.15) is 0 Å². The summed E-state index contributed by atoms with van der Waals surface area (Å²) >= 11 is 5.21. The summed E-state index contributed by atoms with van der Waals surface area (Å²) in [4.78, 5) is 19.7. The van der Waals surface area contributed by atoms with Crippen LogP contribution < -0.4 is 4.90 Å². The molecule has 120 valence electrons. The summed E-state index contributed by atoms with van der Waals surface area (Å²) in [6, 6.07) is 11.9. The summed E-state index contributed by atoms with van der Waals surface area (Å²) in [5.74, 6) is -0.0527. The molecule has 1 aromatic carbocycles. The van der Waals surface area contributed by atoms with Crippen molar-refractivity contribution < 1.29 is 4.79 Å². The fourth-order valence-corrected chi connectivity index (χ4v) is 3.26. The summed E-state index contributed by atoms with van der Waals surface area (Å²) in [6.07, 6.45) is 4.21. The van der Waals surface area contributed by atoms with Crippen LogP contribution in [0.3, 0.4) is 0 Å². The third-order valence-electron chi connectivity index (χ3n) is 4.24. The molecule has 1 aliphatic rings. The monoisotopic (exact) mass is 327 g/mol. The molecule has 0 aliphatic carbocycles. The van der Waals surface area contributed by atoms with E-state index in [1.807, 2.05) is 13.1 Å². The second-order valence-corrected chi connectivity index (χ2v) is 6.31. The number of carbonyl (C=O) groups is 1. The SMILES string of the molecule is CN(Cc1ccccc1N1CCCC1)C(=O)c1ccc[nH]c1=S. The van der Waals surface area contributed by atoms with E-state index in [0.717, 1.165) is 13.1 Å². The maximum Gasteiger partial charge on any atom is 0.256 e. The molecule has 0 saturated carbocycles. The van der Waals surface area contributed by atoms with E-state index in [1.165, 1.54) is 24.1 Å². The number of hydrogen-bond donors (Lipinski definition) is 1. The van der Waals surface area contributed by atoms with Crippen molar-refractivity contribution in [2.45, 2.75) is 19.4 Å². The molecule has 5 heteroatoms. The molecule has 2 heterocycles. The van der Waals surface area contributed by atoms with E-state index in [2.05, 4.69) is 28.1 Å². The first kappa shape index (κ1) is 15.7. The van der Waals surface area contributed by atoms with E-state index in [1.54, 1.807) is 23.2 Å². The first-order valence-electron chi connectivity index (χ1n) is 7.93. The predicted molar refractivity (Wildman–Crippen MR) is 95.3 cm³/mol. The van der Waals surface area contributed by atoms with Gasteiger partial charge < -0.3 is 14.8 Å². The lowest BCUT2D eigenvalue weighted by Gasteiger charge is -2.24. The van der Waals surface area contributed by atoms with Crippen LogP contribution in [-0.2, 0) is 6.54 Å². The van der Waals surface area contributed by atoms with Crippen LogP contribution >= 0.6 is 12.2 Å². The zero-order valence-electron chi connectivity index (χ0n) is 13.3. The summed E-state index contributed by atoms with van der Waals surface area (Å²) in [6.45, 7) is 2.77. The van der Waals surface area contributed by atoms with E-state index in [9.17, 15) is 4.79 Å². The third-order valence-corrected chi connectivity index (χ3v) is 4.58. The highest BCUT2D eigenvalue weighted by Crippen LogP contribution is 2.25. The largest absolute Gasteiger partial charge is 0.371 e. The summed E-state index contributed by atoms with van der Waals surface area (Å²) in [5.41, 5.74) is 2.96.